The minimum atomic E-state index is -0.224. The van der Waals surface area contributed by atoms with Gasteiger partial charge in [0.1, 0.15) is 0 Å². The molecule has 2 amide bonds. The summed E-state index contributed by atoms with van der Waals surface area (Å²) in [7, 11) is 0. The van der Waals surface area contributed by atoms with Gasteiger partial charge < -0.3 is 15.7 Å². The third kappa shape index (κ3) is 5.38. The molecule has 6 heteroatoms. The summed E-state index contributed by atoms with van der Waals surface area (Å²) in [6, 6.07) is 9.74. The van der Waals surface area contributed by atoms with Crippen LogP contribution in [0.15, 0.2) is 42.7 Å². The molecule has 0 saturated heterocycles. The van der Waals surface area contributed by atoms with Gasteiger partial charge in [-0.15, -0.1) is 0 Å². The molecular weight excluding hydrogens is 304 g/mol. The molecule has 0 aliphatic heterocycles. The number of aliphatic hydroxyl groups is 1. The number of nitrogens with one attached hydrogen (secondary N) is 2. The smallest absolute Gasteiger partial charge is 0.315 e. The minimum Gasteiger partial charge on any atom is -0.396 e. The van der Waals surface area contributed by atoms with Crippen molar-refractivity contribution in [2.24, 2.45) is 0 Å². The van der Waals surface area contributed by atoms with Crippen LogP contribution >= 0.6 is 0 Å². The summed E-state index contributed by atoms with van der Waals surface area (Å²) in [4.78, 5) is 12.0. The van der Waals surface area contributed by atoms with E-state index in [1.165, 1.54) is 5.56 Å². The molecule has 130 valence electrons. The van der Waals surface area contributed by atoms with E-state index >= 15 is 0 Å². The van der Waals surface area contributed by atoms with Crippen LogP contribution < -0.4 is 10.6 Å². The summed E-state index contributed by atoms with van der Waals surface area (Å²) in [6.45, 7) is 4.68. The first-order valence-corrected chi connectivity index (χ1v) is 8.36. The van der Waals surface area contributed by atoms with E-state index in [-0.39, 0.29) is 24.7 Å². The van der Waals surface area contributed by atoms with E-state index < -0.39 is 0 Å². The molecule has 6 nitrogen and oxygen atoms in total. The number of hydrogen-bond donors (Lipinski definition) is 3. The largest absolute Gasteiger partial charge is 0.396 e. The van der Waals surface area contributed by atoms with Gasteiger partial charge in [0.25, 0.3) is 0 Å². The van der Waals surface area contributed by atoms with E-state index in [0.717, 1.165) is 12.0 Å². The van der Waals surface area contributed by atoms with Gasteiger partial charge in [-0.1, -0.05) is 37.3 Å². The zero-order valence-corrected chi connectivity index (χ0v) is 14.3. The molecule has 0 aliphatic rings. The molecule has 24 heavy (non-hydrogen) atoms. The molecule has 1 aromatic carbocycles. The number of rotatable bonds is 8. The van der Waals surface area contributed by atoms with Gasteiger partial charge in [0, 0.05) is 24.4 Å². The molecule has 0 saturated carbocycles. The molecule has 1 aromatic heterocycles. The SMILES string of the molecule is CCC(CCO)NC(=O)NC(C)c1cnn(Cc2ccccc2)c1. The molecule has 2 aromatic rings. The fraction of sp³-hybridized carbons (Fsp3) is 0.444. The standard InChI is InChI=1S/C18H26N4O2/c1-3-17(9-10-23)21-18(24)20-14(2)16-11-19-22(13-16)12-15-7-5-4-6-8-15/h4-8,11,13-14,17,23H,3,9-10,12H2,1-2H3,(H2,20,21,24). The van der Waals surface area contributed by atoms with E-state index in [1.54, 1.807) is 6.20 Å². The predicted octanol–water partition coefficient (Wildman–Crippen LogP) is 2.45. The average molecular weight is 330 g/mol. The quantitative estimate of drug-likeness (QED) is 0.695. The Morgan fingerprint density at radius 1 is 1.29 bits per heavy atom. The highest BCUT2D eigenvalue weighted by molar-refractivity contribution is 5.74. The molecule has 0 aliphatic carbocycles. The second-order valence-corrected chi connectivity index (χ2v) is 5.91. The second-order valence-electron chi connectivity index (χ2n) is 5.91. The fourth-order valence-electron chi connectivity index (χ4n) is 2.50. The van der Waals surface area contributed by atoms with Gasteiger partial charge in [-0.3, -0.25) is 4.68 Å². The van der Waals surface area contributed by atoms with E-state index in [0.29, 0.717) is 13.0 Å². The first-order chi connectivity index (χ1) is 11.6. The first kappa shape index (κ1) is 18.0. The van der Waals surface area contributed by atoms with E-state index in [1.807, 2.05) is 42.9 Å². The monoisotopic (exact) mass is 330 g/mol. The number of benzene rings is 1. The molecule has 2 unspecified atom stereocenters. The Balaban J connectivity index is 1.88. The van der Waals surface area contributed by atoms with Gasteiger partial charge in [-0.25, -0.2) is 4.79 Å². The van der Waals surface area contributed by atoms with Crippen molar-refractivity contribution in [1.82, 2.24) is 20.4 Å². The molecule has 0 bridgehead atoms. The van der Waals surface area contributed by atoms with Crippen molar-refractivity contribution in [1.29, 1.82) is 0 Å². The third-order valence-corrected chi connectivity index (χ3v) is 3.99. The highest BCUT2D eigenvalue weighted by atomic mass is 16.3. The number of carbonyl (C=O) groups excluding carboxylic acids is 1. The lowest BCUT2D eigenvalue weighted by Gasteiger charge is -2.18. The molecule has 3 N–H and O–H groups in total. The van der Waals surface area contributed by atoms with Gasteiger partial charge in [0.2, 0.25) is 0 Å². The summed E-state index contributed by atoms with van der Waals surface area (Å²) in [5.74, 6) is 0. The van der Waals surface area contributed by atoms with Crippen LogP contribution in [0.1, 0.15) is 43.9 Å². The number of aromatic nitrogens is 2. The van der Waals surface area contributed by atoms with Crippen molar-refractivity contribution in [3.05, 3.63) is 53.9 Å². The highest BCUT2D eigenvalue weighted by Gasteiger charge is 2.14. The van der Waals surface area contributed by atoms with Gasteiger partial charge in [0.15, 0.2) is 0 Å². The summed E-state index contributed by atoms with van der Waals surface area (Å²) < 4.78 is 1.86. The van der Waals surface area contributed by atoms with Gasteiger partial charge in [-0.05, 0) is 25.3 Å². The Morgan fingerprint density at radius 3 is 2.71 bits per heavy atom. The number of amides is 2. The molecule has 0 spiro atoms. The normalized spacial score (nSPS) is 13.3. The first-order valence-electron chi connectivity index (χ1n) is 8.36. The lowest BCUT2D eigenvalue weighted by Crippen LogP contribution is -2.43. The van der Waals surface area contributed by atoms with Crippen LogP contribution in [-0.2, 0) is 6.54 Å². The summed E-state index contributed by atoms with van der Waals surface area (Å²) >= 11 is 0. The van der Waals surface area contributed by atoms with Crippen LogP contribution in [0.25, 0.3) is 0 Å². The number of hydrogen-bond acceptors (Lipinski definition) is 3. The van der Waals surface area contributed by atoms with Crippen molar-refractivity contribution < 1.29 is 9.90 Å². The Kier molecular flexibility index (Phi) is 6.81. The maximum atomic E-state index is 12.0. The van der Waals surface area contributed by atoms with Crippen molar-refractivity contribution in [2.75, 3.05) is 6.61 Å². The third-order valence-electron chi connectivity index (χ3n) is 3.99. The van der Waals surface area contributed by atoms with Crippen molar-refractivity contribution in [2.45, 2.75) is 45.3 Å². The molecule has 0 radical (unpaired) electrons. The lowest BCUT2D eigenvalue weighted by atomic mass is 10.1. The Hall–Kier alpha value is -2.34. The zero-order chi connectivity index (χ0) is 17.4. The fourth-order valence-corrected chi connectivity index (χ4v) is 2.50. The Bertz CT molecular complexity index is 627. The van der Waals surface area contributed by atoms with E-state index in [4.69, 9.17) is 5.11 Å². The topological polar surface area (TPSA) is 79.2 Å². The Morgan fingerprint density at radius 2 is 2.04 bits per heavy atom. The van der Waals surface area contributed by atoms with Crippen molar-refractivity contribution in [3.63, 3.8) is 0 Å². The zero-order valence-electron chi connectivity index (χ0n) is 14.3. The van der Waals surface area contributed by atoms with Crippen LogP contribution in [0, 0.1) is 0 Å². The number of aliphatic hydroxyl groups excluding tert-OH is 1. The molecule has 0 fully saturated rings. The van der Waals surface area contributed by atoms with Crippen LogP contribution in [0.3, 0.4) is 0 Å². The summed E-state index contributed by atoms with van der Waals surface area (Å²) in [6.07, 6.45) is 5.08. The van der Waals surface area contributed by atoms with Crippen LogP contribution in [0.4, 0.5) is 4.79 Å². The van der Waals surface area contributed by atoms with E-state index in [2.05, 4.69) is 27.9 Å². The van der Waals surface area contributed by atoms with Crippen molar-refractivity contribution in [3.8, 4) is 0 Å². The lowest BCUT2D eigenvalue weighted by molar-refractivity contribution is 0.225. The number of nitrogens with zero attached hydrogens (tertiary/aromatic N) is 2. The molecular formula is C18H26N4O2. The predicted molar refractivity (Wildman–Crippen MR) is 93.6 cm³/mol. The average Bonchev–Trinajstić information content (AvgIpc) is 3.04. The maximum absolute atomic E-state index is 12.0. The van der Waals surface area contributed by atoms with E-state index in [9.17, 15) is 4.79 Å². The molecule has 1 heterocycles. The number of urea groups is 1. The molecule has 2 rings (SSSR count). The summed E-state index contributed by atoms with van der Waals surface area (Å²) in [5.41, 5.74) is 2.14. The second kappa shape index (κ2) is 9.08. The van der Waals surface area contributed by atoms with Crippen LogP contribution in [0.2, 0.25) is 0 Å². The maximum Gasteiger partial charge on any atom is 0.315 e. The minimum absolute atomic E-state index is 0.0111. The Labute approximate surface area is 142 Å². The number of carbonyl (C=O) groups is 1. The van der Waals surface area contributed by atoms with Crippen LogP contribution in [-0.4, -0.2) is 33.6 Å². The summed E-state index contributed by atoms with van der Waals surface area (Å²) in [5, 5.41) is 19.1. The van der Waals surface area contributed by atoms with Gasteiger partial charge >= 0.3 is 6.03 Å². The highest BCUT2D eigenvalue weighted by Crippen LogP contribution is 2.12. The van der Waals surface area contributed by atoms with Gasteiger partial charge in [-0.2, -0.15) is 5.10 Å². The van der Waals surface area contributed by atoms with Crippen LogP contribution in [0.5, 0.6) is 0 Å². The van der Waals surface area contributed by atoms with Gasteiger partial charge in [0.05, 0.1) is 18.8 Å². The van der Waals surface area contributed by atoms with Crippen molar-refractivity contribution >= 4 is 6.03 Å². The molecule has 2 atom stereocenters.